The SMILES string of the molecule is CC(C)(C)OC(=O)C1(C(F)(F)F)CCC(=O)CC1. The number of rotatable bonds is 1. The van der Waals surface area contributed by atoms with Crippen LogP contribution in [0.4, 0.5) is 13.2 Å². The van der Waals surface area contributed by atoms with E-state index in [0.717, 1.165) is 0 Å². The summed E-state index contributed by atoms with van der Waals surface area (Å²) in [5, 5.41) is 0. The fourth-order valence-electron chi connectivity index (χ4n) is 1.93. The van der Waals surface area contributed by atoms with Crippen LogP contribution in [0.5, 0.6) is 0 Å². The van der Waals surface area contributed by atoms with Crippen LogP contribution in [-0.4, -0.2) is 23.5 Å². The smallest absolute Gasteiger partial charge is 0.404 e. The fourth-order valence-corrected chi connectivity index (χ4v) is 1.93. The summed E-state index contributed by atoms with van der Waals surface area (Å²) in [7, 11) is 0. The molecule has 0 heterocycles. The Morgan fingerprint density at radius 3 is 1.94 bits per heavy atom. The molecule has 0 aromatic rings. The highest BCUT2D eigenvalue weighted by Gasteiger charge is 2.62. The Kier molecular flexibility index (Phi) is 3.79. The summed E-state index contributed by atoms with van der Waals surface area (Å²) in [4.78, 5) is 22.9. The summed E-state index contributed by atoms with van der Waals surface area (Å²) in [5.74, 6) is -1.51. The van der Waals surface area contributed by atoms with Gasteiger partial charge < -0.3 is 4.74 Å². The Morgan fingerprint density at radius 2 is 1.61 bits per heavy atom. The number of carbonyl (C=O) groups excluding carboxylic acids is 2. The first-order chi connectivity index (χ1) is 7.98. The minimum Gasteiger partial charge on any atom is -0.459 e. The number of hydrogen-bond acceptors (Lipinski definition) is 3. The second-order valence-corrected chi connectivity index (χ2v) is 5.62. The third-order valence-corrected chi connectivity index (χ3v) is 2.99. The van der Waals surface area contributed by atoms with Gasteiger partial charge >= 0.3 is 12.1 Å². The van der Waals surface area contributed by atoms with Crippen LogP contribution in [0.1, 0.15) is 46.5 Å². The molecule has 104 valence electrons. The molecule has 3 nitrogen and oxygen atoms in total. The number of hydrogen-bond donors (Lipinski definition) is 0. The van der Waals surface area contributed by atoms with Gasteiger partial charge in [-0.3, -0.25) is 9.59 Å². The Morgan fingerprint density at radius 1 is 1.17 bits per heavy atom. The molecule has 6 heteroatoms. The fraction of sp³-hybridized carbons (Fsp3) is 0.833. The Hall–Kier alpha value is -1.07. The van der Waals surface area contributed by atoms with Crippen molar-refractivity contribution in [3.05, 3.63) is 0 Å². The summed E-state index contributed by atoms with van der Waals surface area (Å²) in [6, 6.07) is 0. The molecule has 0 amide bonds. The average Bonchev–Trinajstić information content (AvgIpc) is 2.14. The molecule has 0 spiro atoms. The van der Waals surface area contributed by atoms with E-state index in [1.807, 2.05) is 0 Å². The molecule has 0 N–H and O–H groups in total. The van der Waals surface area contributed by atoms with Crippen molar-refractivity contribution in [2.24, 2.45) is 5.41 Å². The zero-order valence-corrected chi connectivity index (χ0v) is 10.7. The molecule has 18 heavy (non-hydrogen) atoms. The number of ether oxygens (including phenoxy) is 1. The van der Waals surface area contributed by atoms with Gasteiger partial charge in [0.1, 0.15) is 11.4 Å². The molecule has 0 aromatic carbocycles. The summed E-state index contributed by atoms with van der Waals surface area (Å²) < 4.78 is 44.3. The van der Waals surface area contributed by atoms with E-state index in [0.29, 0.717) is 0 Å². The minimum absolute atomic E-state index is 0.223. The molecular formula is C12H17F3O3. The molecule has 0 radical (unpaired) electrons. The molecule has 0 bridgehead atoms. The van der Waals surface area contributed by atoms with Crippen molar-refractivity contribution in [3.63, 3.8) is 0 Å². The van der Waals surface area contributed by atoms with E-state index in [2.05, 4.69) is 0 Å². The molecular weight excluding hydrogens is 249 g/mol. The first-order valence-electron chi connectivity index (χ1n) is 5.80. The van der Waals surface area contributed by atoms with E-state index in [-0.39, 0.29) is 18.6 Å². The van der Waals surface area contributed by atoms with Crippen LogP contribution in [0.25, 0.3) is 0 Å². The first-order valence-corrected chi connectivity index (χ1v) is 5.80. The van der Waals surface area contributed by atoms with Gasteiger partial charge in [0.15, 0.2) is 5.41 Å². The van der Waals surface area contributed by atoms with Gasteiger partial charge in [-0.25, -0.2) is 0 Å². The standard InChI is InChI=1S/C12H17F3O3/c1-10(2,3)18-9(17)11(12(13,14)15)6-4-8(16)5-7-11/h4-7H2,1-3H3. The van der Waals surface area contributed by atoms with Gasteiger partial charge in [0.05, 0.1) is 0 Å². The summed E-state index contributed by atoms with van der Waals surface area (Å²) in [6.45, 7) is 4.55. The van der Waals surface area contributed by atoms with E-state index >= 15 is 0 Å². The topological polar surface area (TPSA) is 43.4 Å². The highest BCUT2D eigenvalue weighted by Crippen LogP contribution is 2.49. The van der Waals surface area contributed by atoms with E-state index in [1.54, 1.807) is 0 Å². The van der Waals surface area contributed by atoms with Crippen molar-refractivity contribution in [3.8, 4) is 0 Å². The number of alkyl halides is 3. The van der Waals surface area contributed by atoms with Crippen LogP contribution in [0.2, 0.25) is 0 Å². The van der Waals surface area contributed by atoms with Crippen molar-refractivity contribution < 1.29 is 27.5 Å². The van der Waals surface area contributed by atoms with Crippen LogP contribution < -0.4 is 0 Å². The first kappa shape index (κ1) is 15.0. The van der Waals surface area contributed by atoms with Gasteiger partial charge in [-0.15, -0.1) is 0 Å². The van der Waals surface area contributed by atoms with Gasteiger partial charge in [-0.05, 0) is 33.6 Å². The second-order valence-electron chi connectivity index (χ2n) is 5.62. The lowest BCUT2D eigenvalue weighted by atomic mass is 9.73. The molecule has 0 aromatic heterocycles. The van der Waals surface area contributed by atoms with Gasteiger partial charge in [0.25, 0.3) is 0 Å². The van der Waals surface area contributed by atoms with Crippen molar-refractivity contribution >= 4 is 11.8 Å². The molecule has 1 saturated carbocycles. The number of ketones is 1. The molecule has 0 saturated heterocycles. The van der Waals surface area contributed by atoms with E-state index < -0.39 is 36.0 Å². The lowest BCUT2D eigenvalue weighted by Gasteiger charge is -2.37. The Labute approximate surface area is 104 Å². The monoisotopic (exact) mass is 266 g/mol. The number of halogens is 3. The zero-order valence-electron chi connectivity index (χ0n) is 10.7. The normalized spacial score (nSPS) is 20.7. The summed E-state index contributed by atoms with van der Waals surface area (Å²) in [5.41, 5.74) is -3.50. The summed E-state index contributed by atoms with van der Waals surface area (Å²) >= 11 is 0. The molecule has 1 fully saturated rings. The van der Waals surface area contributed by atoms with E-state index in [1.165, 1.54) is 20.8 Å². The average molecular weight is 266 g/mol. The predicted octanol–water partition coefficient (Wildman–Crippen LogP) is 3.02. The van der Waals surface area contributed by atoms with E-state index in [9.17, 15) is 22.8 Å². The predicted molar refractivity (Wildman–Crippen MR) is 57.8 cm³/mol. The van der Waals surface area contributed by atoms with Gasteiger partial charge in [-0.2, -0.15) is 13.2 Å². The maximum Gasteiger partial charge on any atom is 0.404 e. The highest BCUT2D eigenvalue weighted by molar-refractivity contribution is 5.85. The minimum atomic E-state index is -4.68. The van der Waals surface area contributed by atoms with Crippen molar-refractivity contribution in [1.29, 1.82) is 0 Å². The van der Waals surface area contributed by atoms with Crippen molar-refractivity contribution in [2.45, 2.75) is 58.2 Å². The van der Waals surface area contributed by atoms with Gasteiger partial charge in [0.2, 0.25) is 0 Å². The van der Waals surface area contributed by atoms with Crippen LogP contribution >= 0.6 is 0 Å². The number of carbonyl (C=O) groups is 2. The lowest BCUT2D eigenvalue weighted by molar-refractivity contribution is -0.246. The van der Waals surface area contributed by atoms with Crippen LogP contribution in [0.3, 0.4) is 0 Å². The Bertz CT molecular complexity index is 343. The maximum atomic E-state index is 13.1. The van der Waals surface area contributed by atoms with Crippen molar-refractivity contribution in [2.75, 3.05) is 0 Å². The molecule has 1 rings (SSSR count). The zero-order chi connectivity index (χ0) is 14.2. The number of Topliss-reactive ketones (excluding diaryl/α,β-unsaturated/α-hetero) is 1. The lowest BCUT2D eigenvalue weighted by Crippen LogP contribution is -2.50. The quantitative estimate of drug-likeness (QED) is 0.685. The second kappa shape index (κ2) is 4.55. The van der Waals surface area contributed by atoms with Crippen molar-refractivity contribution in [1.82, 2.24) is 0 Å². The summed E-state index contributed by atoms with van der Waals surface area (Å²) in [6.07, 6.45) is -6.15. The van der Waals surface area contributed by atoms with Crippen LogP contribution in [-0.2, 0) is 14.3 Å². The highest BCUT2D eigenvalue weighted by atomic mass is 19.4. The largest absolute Gasteiger partial charge is 0.459 e. The van der Waals surface area contributed by atoms with Gasteiger partial charge in [0, 0.05) is 12.8 Å². The van der Waals surface area contributed by atoms with Gasteiger partial charge in [-0.1, -0.05) is 0 Å². The molecule has 1 aliphatic rings. The molecule has 0 atom stereocenters. The Balaban J connectivity index is 3.00. The molecule has 0 aliphatic heterocycles. The maximum absolute atomic E-state index is 13.1. The van der Waals surface area contributed by atoms with Crippen LogP contribution in [0.15, 0.2) is 0 Å². The van der Waals surface area contributed by atoms with E-state index in [4.69, 9.17) is 4.74 Å². The third-order valence-electron chi connectivity index (χ3n) is 2.99. The molecule has 0 unspecified atom stereocenters. The third kappa shape index (κ3) is 3.03. The van der Waals surface area contributed by atoms with Crippen LogP contribution in [0, 0.1) is 5.41 Å². The molecule has 1 aliphatic carbocycles. The number of esters is 1.